The van der Waals surface area contributed by atoms with Gasteiger partial charge in [0, 0.05) is 32.0 Å². The molecule has 1 aliphatic carbocycles. The second-order valence-corrected chi connectivity index (χ2v) is 11.2. The number of amides is 1. The lowest BCUT2D eigenvalue weighted by atomic mass is 9.90. The molecule has 2 atom stereocenters. The predicted molar refractivity (Wildman–Crippen MR) is 162 cm³/mol. The molecule has 2 heterocycles. The van der Waals surface area contributed by atoms with Crippen LogP contribution in [-0.2, 0) is 37.5 Å². The molecule has 0 saturated carbocycles. The number of nitrogens with one attached hydrogen (secondary N) is 1. The molecule has 1 aliphatic rings. The Morgan fingerprint density at radius 1 is 1.02 bits per heavy atom. The maximum absolute atomic E-state index is 12.8. The van der Waals surface area contributed by atoms with E-state index in [-0.39, 0.29) is 24.5 Å². The van der Waals surface area contributed by atoms with Crippen molar-refractivity contribution in [2.75, 3.05) is 0 Å². The molecule has 0 aliphatic heterocycles. The quantitative estimate of drug-likeness (QED) is 0.251. The number of fused-ring (bicyclic) bond motifs is 1. The molecule has 0 radical (unpaired) electrons. The van der Waals surface area contributed by atoms with Gasteiger partial charge in [0.1, 0.15) is 0 Å². The number of rotatable bonds is 10. The summed E-state index contributed by atoms with van der Waals surface area (Å²) in [5, 5.41) is 13.4. The van der Waals surface area contributed by atoms with Gasteiger partial charge in [-0.3, -0.25) is 19.7 Å². The van der Waals surface area contributed by atoms with Crippen LogP contribution in [0, 0.1) is 13.8 Å². The molecule has 41 heavy (non-hydrogen) atoms. The number of hydrogen-bond donors (Lipinski definition) is 2. The summed E-state index contributed by atoms with van der Waals surface area (Å²) in [6.45, 7) is 7.84. The van der Waals surface area contributed by atoms with Crippen molar-refractivity contribution in [1.82, 2.24) is 20.2 Å². The Labute approximate surface area is 243 Å². The number of pyridine rings is 2. The van der Waals surface area contributed by atoms with E-state index in [4.69, 9.17) is 9.97 Å². The van der Waals surface area contributed by atoms with Crippen molar-refractivity contribution in [3.8, 4) is 0 Å². The zero-order chi connectivity index (χ0) is 28.8. The average Bonchev–Trinajstić information content (AvgIpc) is 3.01. The SMILES string of the molecule is Cc1cnc(CN(Cc2ccc(CNC(=O)C(C)c3ccccc3)cc2CO)C2CCCc3cccnc32)c(C)c1. The van der Waals surface area contributed by atoms with Gasteiger partial charge in [-0.1, -0.05) is 60.7 Å². The summed E-state index contributed by atoms with van der Waals surface area (Å²) in [6.07, 6.45) is 7.04. The van der Waals surface area contributed by atoms with Crippen LogP contribution in [0.25, 0.3) is 0 Å². The van der Waals surface area contributed by atoms with E-state index in [1.54, 1.807) is 0 Å². The monoisotopic (exact) mass is 548 g/mol. The number of aliphatic hydroxyl groups excluding tert-OH is 1. The summed E-state index contributed by atoms with van der Waals surface area (Å²) in [5.74, 6) is -0.242. The van der Waals surface area contributed by atoms with Gasteiger partial charge in [0.15, 0.2) is 0 Å². The first kappa shape index (κ1) is 28.7. The van der Waals surface area contributed by atoms with E-state index >= 15 is 0 Å². The van der Waals surface area contributed by atoms with Gasteiger partial charge in [-0.05, 0) is 85.0 Å². The Bertz CT molecular complexity index is 1490. The first-order chi connectivity index (χ1) is 19.9. The number of carbonyl (C=O) groups excluding carboxylic acids is 1. The topological polar surface area (TPSA) is 78.4 Å². The van der Waals surface area contributed by atoms with Crippen LogP contribution in [-0.4, -0.2) is 25.9 Å². The van der Waals surface area contributed by atoms with E-state index in [9.17, 15) is 9.90 Å². The first-order valence-electron chi connectivity index (χ1n) is 14.6. The second-order valence-electron chi connectivity index (χ2n) is 11.2. The largest absolute Gasteiger partial charge is 0.392 e. The van der Waals surface area contributed by atoms with Gasteiger partial charge in [-0.25, -0.2) is 0 Å². The molecular formula is C35H40N4O2. The molecule has 0 bridgehead atoms. The molecule has 2 aromatic heterocycles. The predicted octanol–water partition coefficient (Wildman–Crippen LogP) is 6.09. The third-order valence-electron chi connectivity index (χ3n) is 8.26. The fraction of sp³-hybridized carbons (Fsp3) is 0.343. The van der Waals surface area contributed by atoms with Gasteiger partial charge in [-0.2, -0.15) is 0 Å². The van der Waals surface area contributed by atoms with Crippen LogP contribution in [0.3, 0.4) is 0 Å². The molecule has 4 aromatic rings. The van der Waals surface area contributed by atoms with E-state index < -0.39 is 0 Å². The number of carbonyl (C=O) groups is 1. The molecule has 6 heteroatoms. The van der Waals surface area contributed by atoms with Gasteiger partial charge in [0.05, 0.1) is 30.0 Å². The average molecular weight is 549 g/mol. The maximum atomic E-state index is 12.8. The van der Waals surface area contributed by atoms with E-state index in [1.807, 2.05) is 61.8 Å². The van der Waals surface area contributed by atoms with Crippen molar-refractivity contribution in [2.24, 2.45) is 0 Å². The number of aliphatic hydroxyl groups is 1. The normalized spacial score (nSPS) is 15.4. The number of benzene rings is 2. The maximum Gasteiger partial charge on any atom is 0.227 e. The lowest BCUT2D eigenvalue weighted by Crippen LogP contribution is -2.32. The molecule has 6 nitrogen and oxygen atoms in total. The summed E-state index contributed by atoms with van der Waals surface area (Å²) < 4.78 is 0. The lowest BCUT2D eigenvalue weighted by molar-refractivity contribution is -0.122. The van der Waals surface area contributed by atoms with Crippen molar-refractivity contribution in [2.45, 2.75) is 78.2 Å². The van der Waals surface area contributed by atoms with Crippen molar-refractivity contribution in [3.63, 3.8) is 0 Å². The molecule has 2 N–H and O–H groups in total. The Balaban J connectivity index is 1.36. The van der Waals surface area contributed by atoms with Crippen LogP contribution in [0.4, 0.5) is 0 Å². The Morgan fingerprint density at radius 3 is 2.63 bits per heavy atom. The number of hydrogen-bond acceptors (Lipinski definition) is 5. The number of aryl methyl sites for hydroxylation is 3. The second kappa shape index (κ2) is 13.2. The van der Waals surface area contributed by atoms with E-state index in [2.05, 4.69) is 48.3 Å². The highest BCUT2D eigenvalue weighted by Gasteiger charge is 2.28. The van der Waals surface area contributed by atoms with Crippen molar-refractivity contribution in [1.29, 1.82) is 0 Å². The molecule has 0 spiro atoms. The van der Waals surface area contributed by atoms with Crippen LogP contribution in [0.1, 0.15) is 82.1 Å². The first-order valence-corrected chi connectivity index (χ1v) is 14.6. The Morgan fingerprint density at radius 2 is 1.85 bits per heavy atom. The van der Waals surface area contributed by atoms with E-state index in [0.29, 0.717) is 19.6 Å². The summed E-state index contributed by atoms with van der Waals surface area (Å²) in [5.41, 5.74) is 9.80. The fourth-order valence-electron chi connectivity index (χ4n) is 5.86. The van der Waals surface area contributed by atoms with Gasteiger partial charge in [0.25, 0.3) is 0 Å². The molecule has 0 fully saturated rings. The molecular weight excluding hydrogens is 508 g/mol. The van der Waals surface area contributed by atoms with E-state index in [1.165, 1.54) is 11.1 Å². The van der Waals surface area contributed by atoms with Gasteiger partial charge < -0.3 is 10.4 Å². The van der Waals surface area contributed by atoms with Crippen LogP contribution in [0.2, 0.25) is 0 Å². The zero-order valence-electron chi connectivity index (χ0n) is 24.3. The highest BCUT2D eigenvalue weighted by atomic mass is 16.3. The molecule has 0 saturated heterocycles. The summed E-state index contributed by atoms with van der Waals surface area (Å²) in [6, 6.07) is 22.6. The van der Waals surface area contributed by atoms with Crippen molar-refractivity contribution in [3.05, 3.63) is 129 Å². The van der Waals surface area contributed by atoms with Crippen LogP contribution in [0.5, 0.6) is 0 Å². The van der Waals surface area contributed by atoms with Gasteiger partial charge in [-0.15, -0.1) is 0 Å². The standard InChI is InChI=1S/C35H40N4O2/c1-24-17-25(2)32(37-19-24)22-39(33-13-7-11-29-12-8-16-36-34(29)33)21-30-15-14-27(18-31(30)23-40)20-38-35(41)26(3)28-9-5-4-6-10-28/h4-6,8-10,12,14-19,26,33,40H,7,11,13,20-23H2,1-3H3,(H,38,41). The molecule has 2 aromatic carbocycles. The number of aromatic nitrogens is 2. The van der Waals surface area contributed by atoms with Crippen molar-refractivity contribution < 1.29 is 9.90 Å². The summed E-state index contributed by atoms with van der Waals surface area (Å²) in [4.78, 5) is 24.9. The molecule has 5 rings (SSSR count). The summed E-state index contributed by atoms with van der Waals surface area (Å²) >= 11 is 0. The minimum absolute atomic E-state index is 0.0126. The van der Waals surface area contributed by atoms with Crippen LogP contribution < -0.4 is 5.32 Å². The Hall–Kier alpha value is -3.87. The summed E-state index contributed by atoms with van der Waals surface area (Å²) in [7, 11) is 0. The zero-order valence-corrected chi connectivity index (χ0v) is 24.3. The molecule has 1 amide bonds. The van der Waals surface area contributed by atoms with Gasteiger partial charge >= 0.3 is 0 Å². The minimum atomic E-state index is -0.229. The van der Waals surface area contributed by atoms with E-state index in [0.717, 1.165) is 58.5 Å². The molecule has 212 valence electrons. The smallest absolute Gasteiger partial charge is 0.227 e. The third-order valence-corrected chi connectivity index (χ3v) is 8.26. The highest BCUT2D eigenvalue weighted by molar-refractivity contribution is 5.83. The molecule has 2 unspecified atom stereocenters. The van der Waals surface area contributed by atoms with Crippen LogP contribution in [0.15, 0.2) is 79.1 Å². The third kappa shape index (κ3) is 6.89. The lowest BCUT2D eigenvalue weighted by Gasteiger charge is -2.35. The highest BCUT2D eigenvalue weighted by Crippen LogP contribution is 2.35. The Kier molecular flexibility index (Phi) is 9.22. The fourth-order valence-corrected chi connectivity index (χ4v) is 5.86. The minimum Gasteiger partial charge on any atom is -0.392 e. The van der Waals surface area contributed by atoms with Gasteiger partial charge in [0.2, 0.25) is 5.91 Å². The van der Waals surface area contributed by atoms with Crippen LogP contribution >= 0.6 is 0 Å². The number of nitrogens with zero attached hydrogens (tertiary/aromatic N) is 3. The van der Waals surface area contributed by atoms with Crippen molar-refractivity contribution >= 4 is 5.91 Å².